The smallest absolute Gasteiger partial charge is 0.319 e. The minimum absolute atomic E-state index is 0.275. The average Bonchev–Trinajstić information content (AvgIpc) is 2.27. The van der Waals surface area contributed by atoms with E-state index in [0.717, 1.165) is 5.75 Å². The van der Waals surface area contributed by atoms with Gasteiger partial charge in [0.1, 0.15) is 5.92 Å². The van der Waals surface area contributed by atoms with E-state index in [0.29, 0.717) is 12.3 Å². The molecule has 0 aliphatic carbocycles. The van der Waals surface area contributed by atoms with Crippen LogP contribution in [-0.2, 0) is 14.3 Å². The molecule has 4 nitrogen and oxygen atoms in total. The van der Waals surface area contributed by atoms with Crippen molar-refractivity contribution in [2.75, 3.05) is 24.7 Å². The van der Waals surface area contributed by atoms with Gasteiger partial charge in [0.15, 0.2) is 0 Å². The zero-order valence-electron chi connectivity index (χ0n) is 12.1. The van der Waals surface area contributed by atoms with E-state index >= 15 is 0 Å². The minimum Gasteiger partial charge on any atom is -0.465 e. The molecule has 0 spiro atoms. The molecule has 0 saturated heterocycles. The van der Waals surface area contributed by atoms with E-state index < -0.39 is 17.3 Å². The van der Waals surface area contributed by atoms with Crippen molar-refractivity contribution in [1.82, 2.24) is 5.32 Å². The van der Waals surface area contributed by atoms with Gasteiger partial charge in [-0.2, -0.15) is 0 Å². The Morgan fingerprint density at radius 2 is 2.05 bits per heavy atom. The molecule has 0 aliphatic rings. The summed E-state index contributed by atoms with van der Waals surface area (Å²) in [5.41, 5.74) is -0.470. The van der Waals surface area contributed by atoms with Crippen molar-refractivity contribution in [3.05, 3.63) is 0 Å². The van der Waals surface area contributed by atoms with E-state index in [2.05, 4.69) is 11.2 Å². The summed E-state index contributed by atoms with van der Waals surface area (Å²) in [6.45, 7) is 8.05. The number of nitrogens with one attached hydrogen (secondary N) is 1. The van der Waals surface area contributed by atoms with E-state index in [-0.39, 0.29) is 12.5 Å². The third-order valence-electron chi connectivity index (χ3n) is 2.38. The number of ether oxygens (including phenoxy) is 1. The number of carbonyl (C=O) groups is 2. The van der Waals surface area contributed by atoms with Gasteiger partial charge in [0.2, 0.25) is 5.91 Å². The molecule has 0 saturated carbocycles. The van der Waals surface area contributed by atoms with E-state index in [1.807, 2.05) is 20.8 Å². The summed E-state index contributed by atoms with van der Waals surface area (Å²) in [5.74, 6) is 2.33. The topological polar surface area (TPSA) is 55.4 Å². The summed E-state index contributed by atoms with van der Waals surface area (Å²) in [7, 11) is 0. The fraction of sp³-hybridized carbons (Fsp3) is 0.714. The lowest BCUT2D eigenvalue weighted by atomic mass is 9.80. The molecule has 1 atom stereocenters. The lowest BCUT2D eigenvalue weighted by Gasteiger charge is -2.27. The van der Waals surface area contributed by atoms with Gasteiger partial charge in [-0.1, -0.05) is 26.7 Å². The lowest BCUT2D eigenvalue weighted by molar-refractivity contribution is -0.156. The molecule has 0 heterocycles. The lowest BCUT2D eigenvalue weighted by Crippen LogP contribution is -2.44. The molecule has 0 aromatic rings. The number of terminal acetylenes is 1. The van der Waals surface area contributed by atoms with Crippen molar-refractivity contribution < 1.29 is 14.3 Å². The van der Waals surface area contributed by atoms with E-state index in [1.165, 1.54) is 0 Å². The first kappa shape index (κ1) is 17.8. The summed E-state index contributed by atoms with van der Waals surface area (Å²) < 4.78 is 4.97. The highest BCUT2D eigenvalue weighted by Crippen LogP contribution is 2.27. The van der Waals surface area contributed by atoms with E-state index in [1.54, 1.807) is 18.7 Å². The third-order valence-corrected chi connectivity index (χ3v) is 3.25. The Morgan fingerprint density at radius 3 is 2.53 bits per heavy atom. The molecule has 1 N–H and O–H groups in total. The molecule has 19 heavy (non-hydrogen) atoms. The van der Waals surface area contributed by atoms with Crippen LogP contribution in [0.5, 0.6) is 0 Å². The number of esters is 1. The number of hydrogen-bond donors (Lipinski definition) is 1. The summed E-state index contributed by atoms with van der Waals surface area (Å²) in [5, 5.41) is 2.76. The zero-order valence-corrected chi connectivity index (χ0v) is 12.9. The first-order valence-corrected chi connectivity index (χ1v) is 7.45. The molecule has 0 bridgehead atoms. The Bertz CT molecular complexity index is 342. The van der Waals surface area contributed by atoms with Crippen LogP contribution in [0.15, 0.2) is 0 Å². The first-order valence-electron chi connectivity index (χ1n) is 6.30. The number of rotatable bonds is 7. The van der Waals surface area contributed by atoms with Crippen molar-refractivity contribution in [2.24, 2.45) is 11.3 Å². The Hall–Kier alpha value is -1.15. The highest BCUT2D eigenvalue weighted by molar-refractivity contribution is 7.99. The minimum atomic E-state index is -0.787. The maximum Gasteiger partial charge on any atom is 0.319 e. The monoisotopic (exact) mass is 285 g/mol. The second kappa shape index (κ2) is 8.87. The number of hydrogen-bond acceptors (Lipinski definition) is 4. The highest BCUT2D eigenvalue weighted by atomic mass is 32.2. The van der Waals surface area contributed by atoms with Crippen LogP contribution in [-0.4, -0.2) is 36.5 Å². The Kier molecular flexibility index (Phi) is 8.33. The van der Waals surface area contributed by atoms with Crippen LogP contribution in [0.2, 0.25) is 0 Å². The molecule has 0 aromatic heterocycles. The van der Waals surface area contributed by atoms with Crippen molar-refractivity contribution >= 4 is 23.6 Å². The quantitative estimate of drug-likeness (QED) is 0.335. The second-order valence-corrected chi connectivity index (χ2v) is 6.20. The summed E-state index contributed by atoms with van der Waals surface area (Å²) in [6.07, 6.45) is 5.13. The van der Waals surface area contributed by atoms with Crippen molar-refractivity contribution in [1.29, 1.82) is 0 Å². The largest absolute Gasteiger partial charge is 0.465 e. The molecule has 0 fully saturated rings. The van der Waals surface area contributed by atoms with Gasteiger partial charge in [-0.05, 0) is 12.3 Å². The molecular formula is C14H23NO3S. The second-order valence-electron chi connectivity index (χ2n) is 5.10. The highest BCUT2D eigenvalue weighted by Gasteiger charge is 2.38. The molecule has 108 valence electrons. The van der Waals surface area contributed by atoms with Gasteiger partial charge in [0.25, 0.3) is 0 Å². The number of carbonyl (C=O) groups excluding carboxylic acids is 2. The molecule has 1 amide bonds. The summed E-state index contributed by atoms with van der Waals surface area (Å²) >= 11 is 1.57. The SMILES string of the molecule is C#CCSCCNC(=O)C(C(=O)OCC)C(C)(C)C. The van der Waals surface area contributed by atoms with Crippen LogP contribution in [0.1, 0.15) is 27.7 Å². The van der Waals surface area contributed by atoms with Crippen LogP contribution in [0, 0.1) is 23.7 Å². The predicted octanol–water partition coefficient (Wildman–Crippen LogP) is 1.69. The zero-order chi connectivity index (χ0) is 14.9. The standard InChI is InChI=1S/C14H23NO3S/c1-6-9-19-10-8-15-12(16)11(14(3,4)5)13(17)18-7-2/h1,11H,7-10H2,2-5H3,(H,15,16). The Balaban J connectivity index is 4.41. The maximum absolute atomic E-state index is 12.1. The first-order chi connectivity index (χ1) is 8.84. The van der Waals surface area contributed by atoms with E-state index in [4.69, 9.17) is 11.2 Å². The van der Waals surface area contributed by atoms with Gasteiger partial charge in [-0.15, -0.1) is 18.2 Å². The van der Waals surface area contributed by atoms with E-state index in [9.17, 15) is 9.59 Å². The van der Waals surface area contributed by atoms with Crippen molar-refractivity contribution in [3.63, 3.8) is 0 Å². The Labute approximate surface area is 120 Å². The third kappa shape index (κ3) is 7.12. The van der Waals surface area contributed by atoms with Gasteiger partial charge < -0.3 is 10.1 Å². The number of amides is 1. The number of thioether (sulfide) groups is 1. The van der Waals surface area contributed by atoms with Gasteiger partial charge >= 0.3 is 5.97 Å². The fourth-order valence-electron chi connectivity index (χ4n) is 1.56. The average molecular weight is 285 g/mol. The molecule has 0 rings (SSSR count). The molecule has 0 aromatic carbocycles. The van der Waals surface area contributed by atoms with Crippen LogP contribution in [0.3, 0.4) is 0 Å². The molecule has 5 heteroatoms. The van der Waals surface area contributed by atoms with Crippen LogP contribution >= 0.6 is 11.8 Å². The van der Waals surface area contributed by atoms with Gasteiger partial charge in [0, 0.05) is 12.3 Å². The van der Waals surface area contributed by atoms with Crippen LogP contribution < -0.4 is 5.32 Å². The van der Waals surface area contributed by atoms with Crippen LogP contribution in [0.25, 0.3) is 0 Å². The van der Waals surface area contributed by atoms with Gasteiger partial charge in [-0.3, -0.25) is 9.59 Å². The van der Waals surface area contributed by atoms with Gasteiger partial charge in [-0.25, -0.2) is 0 Å². The summed E-state index contributed by atoms with van der Waals surface area (Å²) in [4.78, 5) is 23.9. The Morgan fingerprint density at radius 1 is 1.42 bits per heavy atom. The normalized spacial score (nSPS) is 12.4. The van der Waals surface area contributed by atoms with Crippen molar-refractivity contribution in [3.8, 4) is 12.3 Å². The predicted molar refractivity (Wildman–Crippen MR) is 78.7 cm³/mol. The molecule has 0 radical (unpaired) electrons. The van der Waals surface area contributed by atoms with Crippen LogP contribution in [0.4, 0.5) is 0 Å². The molecule has 0 aliphatic heterocycles. The molecular weight excluding hydrogens is 262 g/mol. The van der Waals surface area contributed by atoms with Gasteiger partial charge in [0.05, 0.1) is 12.4 Å². The fourth-order valence-corrected chi connectivity index (χ4v) is 2.07. The summed E-state index contributed by atoms with van der Waals surface area (Å²) in [6, 6.07) is 0. The van der Waals surface area contributed by atoms with Crippen molar-refractivity contribution in [2.45, 2.75) is 27.7 Å². The molecule has 1 unspecified atom stereocenters. The maximum atomic E-state index is 12.1.